The minimum absolute atomic E-state index is 0.0694. The van der Waals surface area contributed by atoms with Crippen molar-refractivity contribution in [2.45, 2.75) is 71.6 Å². The molecular weight excluding hydrogens is 222 g/mol. The Labute approximate surface area is 112 Å². The van der Waals surface area contributed by atoms with Gasteiger partial charge in [-0.25, -0.2) is 0 Å². The molecule has 2 heterocycles. The van der Waals surface area contributed by atoms with E-state index in [9.17, 15) is 0 Å². The smallest absolute Gasteiger partial charge is 0.0862 e. The maximum atomic E-state index is 6.15. The number of likely N-dealkylation sites (tertiary alicyclic amines) is 1. The van der Waals surface area contributed by atoms with Gasteiger partial charge in [-0.1, -0.05) is 32.9 Å². The lowest BCUT2D eigenvalue weighted by molar-refractivity contribution is -0.0336. The van der Waals surface area contributed by atoms with Gasteiger partial charge in [0.25, 0.3) is 0 Å². The molecule has 1 fully saturated rings. The van der Waals surface area contributed by atoms with Gasteiger partial charge in [0, 0.05) is 18.1 Å². The van der Waals surface area contributed by atoms with Crippen molar-refractivity contribution in [2.24, 2.45) is 5.41 Å². The summed E-state index contributed by atoms with van der Waals surface area (Å²) in [5.41, 5.74) is 0.591. The number of rotatable bonds is 0. The van der Waals surface area contributed by atoms with E-state index in [4.69, 9.17) is 4.74 Å². The van der Waals surface area contributed by atoms with Crippen molar-refractivity contribution in [1.82, 2.24) is 4.90 Å². The highest BCUT2D eigenvalue weighted by Gasteiger charge is 2.51. The first-order valence-electron chi connectivity index (χ1n) is 7.20. The molecule has 2 rings (SSSR count). The van der Waals surface area contributed by atoms with Gasteiger partial charge in [0.2, 0.25) is 0 Å². The zero-order valence-corrected chi connectivity index (χ0v) is 12.9. The molecule has 0 aromatic heterocycles. The zero-order valence-electron chi connectivity index (χ0n) is 12.9. The van der Waals surface area contributed by atoms with E-state index < -0.39 is 0 Å². The van der Waals surface area contributed by atoms with E-state index in [2.05, 4.69) is 58.6 Å². The molecule has 2 nitrogen and oxygen atoms in total. The molecule has 0 aromatic carbocycles. The standard InChI is InChI=1S/C16H29NO/c1-14(2,3)13-11-16(9-7-8-10-18-16)12-17(13)15(4,5)6/h7-8,13H,9-12H2,1-6H3. The summed E-state index contributed by atoms with van der Waals surface area (Å²) >= 11 is 0. The van der Waals surface area contributed by atoms with E-state index in [1.807, 2.05) is 0 Å². The van der Waals surface area contributed by atoms with Gasteiger partial charge in [-0.3, -0.25) is 4.90 Å². The quantitative estimate of drug-likeness (QED) is 0.610. The summed E-state index contributed by atoms with van der Waals surface area (Å²) < 4.78 is 6.15. The first kappa shape index (κ1) is 14.1. The van der Waals surface area contributed by atoms with Gasteiger partial charge in [-0.15, -0.1) is 0 Å². The molecule has 104 valence electrons. The molecule has 2 heteroatoms. The lowest BCUT2D eigenvalue weighted by atomic mass is 9.81. The molecule has 2 aliphatic heterocycles. The Morgan fingerprint density at radius 2 is 1.78 bits per heavy atom. The SMILES string of the molecule is CC(C)(C)C1CC2(CC=CCO2)CN1C(C)(C)C. The first-order valence-corrected chi connectivity index (χ1v) is 7.20. The van der Waals surface area contributed by atoms with Gasteiger partial charge in [0.1, 0.15) is 0 Å². The summed E-state index contributed by atoms with van der Waals surface area (Å²) in [5.74, 6) is 0. The minimum atomic E-state index is 0.0694. The average molecular weight is 251 g/mol. The fraction of sp³-hybridized carbons (Fsp3) is 0.875. The third-order valence-electron chi connectivity index (χ3n) is 4.40. The van der Waals surface area contributed by atoms with E-state index >= 15 is 0 Å². The summed E-state index contributed by atoms with van der Waals surface area (Å²) in [5, 5.41) is 0. The van der Waals surface area contributed by atoms with Gasteiger partial charge >= 0.3 is 0 Å². The van der Waals surface area contributed by atoms with Crippen LogP contribution in [-0.4, -0.2) is 35.2 Å². The highest BCUT2D eigenvalue weighted by Crippen LogP contribution is 2.45. The van der Waals surface area contributed by atoms with Crippen LogP contribution in [0, 0.1) is 5.41 Å². The molecule has 0 radical (unpaired) electrons. The van der Waals surface area contributed by atoms with Crippen LogP contribution in [0.1, 0.15) is 54.4 Å². The van der Waals surface area contributed by atoms with Crippen molar-refractivity contribution in [3.63, 3.8) is 0 Å². The maximum absolute atomic E-state index is 6.15. The normalized spacial score (nSPS) is 34.4. The van der Waals surface area contributed by atoms with Crippen LogP contribution in [0.5, 0.6) is 0 Å². The van der Waals surface area contributed by atoms with Crippen molar-refractivity contribution in [3.05, 3.63) is 12.2 Å². The van der Waals surface area contributed by atoms with Crippen LogP contribution in [-0.2, 0) is 4.74 Å². The van der Waals surface area contributed by atoms with Crippen LogP contribution in [0.4, 0.5) is 0 Å². The largest absolute Gasteiger partial charge is 0.369 e. The van der Waals surface area contributed by atoms with Gasteiger partial charge < -0.3 is 4.74 Å². The van der Waals surface area contributed by atoms with E-state index in [1.54, 1.807) is 0 Å². The Bertz CT molecular complexity index is 310. The Kier molecular flexibility index (Phi) is 3.40. The summed E-state index contributed by atoms with van der Waals surface area (Å²) in [6.45, 7) is 15.9. The molecule has 0 saturated carbocycles. The summed E-state index contributed by atoms with van der Waals surface area (Å²) in [6, 6.07) is 0.601. The lowest BCUT2D eigenvalue weighted by Crippen LogP contribution is -2.50. The number of ether oxygens (including phenoxy) is 1. The molecule has 2 unspecified atom stereocenters. The van der Waals surface area contributed by atoms with Crippen LogP contribution in [0.3, 0.4) is 0 Å². The van der Waals surface area contributed by atoms with Crippen LogP contribution in [0.25, 0.3) is 0 Å². The molecule has 1 spiro atoms. The van der Waals surface area contributed by atoms with E-state index in [1.165, 1.54) is 0 Å². The van der Waals surface area contributed by atoms with E-state index in [0.29, 0.717) is 11.5 Å². The average Bonchev–Trinajstić information content (AvgIpc) is 2.58. The molecule has 18 heavy (non-hydrogen) atoms. The molecule has 0 amide bonds. The first-order chi connectivity index (χ1) is 8.14. The zero-order chi connectivity index (χ0) is 13.6. The van der Waals surface area contributed by atoms with Crippen molar-refractivity contribution in [1.29, 1.82) is 0 Å². The maximum Gasteiger partial charge on any atom is 0.0862 e. The highest BCUT2D eigenvalue weighted by atomic mass is 16.5. The third-order valence-corrected chi connectivity index (χ3v) is 4.40. The van der Waals surface area contributed by atoms with Crippen molar-refractivity contribution >= 4 is 0 Å². The second-order valence-electron chi connectivity index (χ2n) is 8.05. The molecular formula is C16H29NO. The van der Waals surface area contributed by atoms with Gasteiger partial charge in [-0.05, 0) is 39.0 Å². The lowest BCUT2D eigenvalue weighted by Gasteiger charge is -2.42. The second kappa shape index (κ2) is 4.35. The van der Waals surface area contributed by atoms with Crippen molar-refractivity contribution in [2.75, 3.05) is 13.2 Å². The molecule has 2 atom stereocenters. The minimum Gasteiger partial charge on any atom is -0.369 e. The Morgan fingerprint density at radius 3 is 2.17 bits per heavy atom. The topological polar surface area (TPSA) is 12.5 Å². The highest BCUT2D eigenvalue weighted by molar-refractivity contribution is 5.09. The van der Waals surface area contributed by atoms with Gasteiger partial charge in [0.15, 0.2) is 0 Å². The Morgan fingerprint density at radius 1 is 1.11 bits per heavy atom. The number of hydrogen-bond donors (Lipinski definition) is 0. The van der Waals surface area contributed by atoms with Crippen LogP contribution < -0.4 is 0 Å². The molecule has 0 aromatic rings. The predicted octanol–water partition coefficient (Wildman–Crippen LogP) is 3.62. The molecule has 1 saturated heterocycles. The predicted molar refractivity (Wildman–Crippen MR) is 76.8 cm³/mol. The fourth-order valence-corrected chi connectivity index (χ4v) is 3.33. The fourth-order valence-electron chi connectivity index (χ4n) is 3.33. The van der Waals surface area contributed by atoms with Crippen molar-refractivity contribution < 1.29 is 4.74 Å². The number of hydrogen-bond acceptors (Lipinski definition) is 2. The van der Waals surface area contributed by atoms with Crippen LogP contribution in [0.2, 0.25) is 0 Å². The monoisotopic (exact) mass is 251 g/mol. The summed E-state index contributed by atoms with van der Waals surface area (Å²) in [4.78, 5) is 2.66. The third kappa shape index (κ3) is 2.65. The Hall–Kier alpha value is -0.340. The van der Waals surface area contributed by atoms with Crippen LogP contribution >= 0.6 is 0 Å². The van der Waals surface area contributed by atoms with Crippen molar-refractivity contribution in [3.8, 4) is 0 Å². The van der Waals surface area contributed by atoms with E-state index in [0.717, 1.165) is 26.0 Å². The molecule has 0 bridgehead atoms. The van der Waals surface area contributed by atoms with E-state index in [-0.39, 0.29) is 11.1 Å². The summed E-state index contributed by atoms with van der Waals surface area (Å²) in [7, 11) is 0. The number of nitrogens with zero attached hydrogens (tertiary/aromatic N) is 1. The summed E-state index contributed by atoms with van der Waals surface area (Å²) in [6.07, 6.45) is 6.69. The molecule has 0 aliphatic carbocycles. The van der Waals surface area contributed by atoms with Gasteiger partial charge in [-0.2, -0.15) is 0 Å². The molecule has 0 N–H and O–H groups in total. The van der Waals surface area contributed by atoms with Crippen LogP contribution in [0.15, 0.2) is 12.2 Å². The second-order valence-corrected chi connectivity index (χ2v) is 8.05. The molecule has 2 aliphatic rings. The Balaban J connectivity index is 2.26. The van der Waals surface area contributed by atoms with Gasteiger partial charge in [0.05, 0.1) is 12.2 Å².